The van der Waals surface area contributed by atoms with Gasteiger partial charge in [0, 0.05) is 12.0 Å². The Labute approximate surface area is 105 Å². The van der Waals surface area contributed by atoms with Gasteiger partial charge >= 0.3 is 0 Å². The first kappa shape index (κ1) is 13.8. The Morgan fingerprint density at radius 1 is 1.44 bits per heavy atom. The molecule has 0 aliphatic heterocycles. The molecule has 94 valence electrons. The van der Waals surface area contributed by atoms with Crippen LogP contribution in [0.15, 0.2) is 18.2 Å². The Balaban J connectivity index is 3.32. The van der Waals surface area contributed by atoms with Crippen LogP contribution in [-0.2, 0) is 4.79 Å². The highest BCUT2D eigenvalue weighted by atomic mass is 16.6. The van der Waals surface area contributed by atoms with Crippen LogP contribution in [-0.4, -0.2) is 10.7 Å². The molecule has 0 saturated heterocycles. The van der Waals surface area contributed by atoms with Crippen LogP contribution in [0.25, 0.3) is 0 Å². The fourth-order valence-electron chi connectivity index (χ4n) is 2.08. The number of ketones is 1. The summed E-state index contributed by atoms with van der Waals surface area (Å²) < 4.78 is 0. The standard InChI is InChI=1S/C13H14N2O3/c1-8(2)13(9(3)16)10-4-5-12(15(17)18)11(6-10)7-14/h4-6,8,13H,1-3H3. The van der Waals surface area contributed by atoms with E-state index < -0.39 is 4.92 Å². The molecule has 1 atom stereocenters. The number of hydrogen-bond acceptors (Lipinski definition) is 4. The van der Waals surface area contributed by atoms with Crippen molar-refractivity contribution >= 4 is 11.5 Å². The molecular weight excluding hydrogens is 232 g/mol. The summed E-state index contributed by atoms with van der Waals surface area (Å²) >= 11 is 0. The second-order valence-corrected chi connectivity index (χ2v) is 4.48. The molecular formula is C13H14N2O3. The van der Waals surface area contributed by atoms with Gasteiger partial charge in [-0.05, 0) is 24.5 Å². The summed E-state index contributed by atoms with van der Waals surface area (Å²) in [5.41, 5.74) is 0.413. The van der Waals surface area contributed by atoms with Crippen LogP contribution in [0.1, 0.15) is 37.8 Å². The fraction of sp³-hybridized carbons (Fsp3) is 0.385. The Hall–Kier alpha value is -2.22. The first-order valence-corrected chi connectivity index (χ1v) is 5.57. The monoisotopic (exact) mass is 246 g/mol. The molecule has 5 heteroatoms. The Morgan fingerprint density at radius 2 is 2.06 bits per heavy atom. The highest BCUT2D eigenvalue weighted by Crippen LogP contribution is 2.29. The zero-order valence-corrected chi connectivity index (χ0v) is 10.5. The number of nitriles is 1. The third kappa shape index (κ3) is 2.72. The molecule has 0 aromatic heterocycles. The molecule has 5 nitrogen and oxygen atoms in total. The van der Waals surface area contributed by atoms with Crippen LogP contribution in [0.2, 0.25) is 0 Å². The SMILES string of the molecule is CC(=O)C(c1ccc([N+](=O)[O-])c(C#N)c1)C(C)C. The Morgan fingerprint density at radius 3 is 2.44 bits per heavy atom. The number of hydrogen-bond donors (Lipinski definition) is 0. The van der Waals surface area contributed by atoms with Gasteiger partial charge in [-0.25, -0.2) is 0 Å². The van der Waals surface area contributed by atoms with Crippen LogP contribution in [0.5, 0.6) is 0 Å². The number of benzene rings is 1. The lowest BCUT2D eigenvalue weighted by molar-refractivity contribution is -0.385. The van der Waals surface area contributed by atoms with E-state index in [2.05, 4.69) is 0 Å². The lowest BCUT2D eigenvalue weighted by Gasteiger charge is -2.18. The molecule has 1 rings (SSSR count). The van der Waals surface area contributed by atoms with E-state index in [9.17, 15) is 14.9 Å². The predicted octanol–water partition coefficient (Wildman–Crippen LogP) is 2.80. The smallest absolute Gasteiger partial charge is 0.287 e. The van der Waals surface area contributed by atoms with Crippen LogP contribution in [0.3, 0.4) is 0 Å². The summed E-state index contributed by atoms with van der Waals surface area (Å²) in [6.45, 7) is 5.29. The summed E-state index contributed by atoms with van der Waals surface area (Å²) in [6.07, 6.45) is 0. The van der Waals surface area contributed by atoms with Crippen molar-refractivity contribution in [3.05, 3.63) is 39.4 Å². The maximum absolute atomic E-state index is 11.6. The van der Waals surface area contributed by atoms with E-state index in [1.807, 2.05) is 13.8 Å². The van der Waals surface area contributed by atoms with Gasteiger partial charge in [0.2, 0.25) is 0 Å². The molecule has 0 N–H and O–H groups in total. The third-order valence-corrected chi connectivity index (χ3v) is 2.80. The van der Waals surface area contributed by atoms with Crippen molar-refractivity contribution in [2.75, 3.05) is 0 Å². The minimum Gasteiger partial charge on any atom is -0.299 e. The number of nitro groups is 1. The number of carbonyl (C=O) groups is 1. The van der Waals surface area contributed by atoms with Crippen molar-refractivity contribution in [3.63, 3.8) is 0 Å². The van der Waals surface area contributed by atoms with Crippen molar-refractivity contribution in [2.24, 2.45) is 5.92 Å². The molecule has 0 radical (unpaired) electrons. The van der Waals surface area contributed by atoms with E-state index in [1.165, 1.54) is 19.1 Å². The molecule has 0 aliphatic rings. The van der Waals surface area contributed by atoms with Crippen LogP contribution in [0, 0.1) is 27.4 Å². The predicted molar refractivity (Wildman–Crippen MR) is 66.1 cm³/mol. The Bertz CT molecular complexity index is 530. The molecule has 0 saturated carbocycles. The van der Waals surface area contributed by atoms with Crippen molar-refractivity contribution in [1.82, 2.24) is 0 Å². The first-order valence-electron chi connectivity index (χ1n) is 5.57. The summed E-state index contributed by atoms with van der Waals surface area (Å²) in [7, 11) is 0. The van der Waals surface area contributed by atoms with Gasteiger partial charge in [-0.1, -0.05) is 19.9 Å². The number of rotatable bonds is 4. The summed E-state index contributed by atoms with van der Waals surface area (Å²) in [6, 6.07) is 6.06. The zero-order chi connectivity index (χ0) is 13.9. The van der Waals surface area contributed by atoms with Gasteiger partial charge in [0.05, 0.1) is 4.92 Å². The number of Topliss-reactive ketones (excluding diaryl/α,β-unsaturated/α-hetero) is 1. The maximum atomic E-state index is 11.6. The lowest BCUT2D eigenvalue weighted by Crippen LogP contribution is -2.15. The van der Waals surface area contributed by atoms with Gasteiger partial charge in [0.25, 0.3) is 5.69 Å². The lowest BCUT2D eigenvalue weighted by atomic mass is 9.85. The molecule has 18 heavy (non-hydrogen) atoms. The first-order chi connectivity index (χ1) is 8.38. The third-order valence-electron chi connectivity index (χ3n) is 2.80. The molecule has 0 bridgehead atoms. The zero-order valence-electron chi connectivity index (χ0n) is 10.5. The van der Waals surface area contributed by atoms with Gasteiger partial charge in [0.15, 0.2) is 0 Å². The minimum absolute atomic E-state index is 0.00981. The average Bonchev–Trinajstić information content (AvgIpc) is 2.27. The van der Waals surface area contributed by atoms with Gasteiger partial charge in [0.1, 0.15) is 17.4 Å². The molecule has 0 spiro atoms. The maximum Gasteiger partial charge on any atom is 0.287 e. The fourth-order valence-corrected chi connectivity index (χ4v) is 2.08. The second-order valence-electron chi connectivity index (χ2n) is 4.48. The van der Waals surface area contributed by atoms with Crippen molar-refractivity contribution < 1.29 is 9.72 Å². The molecule has 1 aromatic rings. The highest BCUT2D eigenvalue weighted by Gasteiger charge is 2.23. The van der Waals surface area contributed by atoms with E-state index >= 15 is 0 Å². The number of nitro benzene ring substituents is 1. The minimum atomic E-state index is -0.597. The molecule has 0 fully saturated rings. The van der Waals surface area contributed by atoms with Gasteiger partial charge in [-0.15, -0.1) is 0 Å². The quantitative estimate of drug-likeness (QED) is 0.604. The summed E-state index contributed by atoms with van der Waals surface area (Å²) in [5.74, 6) is -0.267. The van der Waals surface area contributed by atoms with E-state index in [-0.39, 0.29) is 28.9 Å². The molecule has 0 aliphatic carbocycles. The van der Waals surface area contributed by atoms with E-state index in [1.54, 1.807) is 12.1 Å². The molecule has 1 unspecified atom stereocenters. The molecule has 0 amide bonds. The summed E-state index contributed by atoms with van der Waals surface area (Å²) in [4.78, 5) is 21.7. The number of carbonyl (C=O) groups excluding carboxylic acids is 1. The normalized spacial score (nSPS) is 11.9. The Kier molecular flexibility index (Phi) is 4.16. The number of nitrogens with zero attached hydrogens (tertiary/aromatic N) is 2. The van der Waals surface area contributed by atoms with Crippen molar-refractivity contribution in [3.8, 4) is 6.07 Å². The van der Waals surface area contributed by atoms with Gasteiger partial charge in [-0.2, -0.15) is 5.26 Å². The average molecular weight is 246 g/mol. The summed E-state index contributed by atoms with van der Waals surface area (Å²) in [5, 5.41) is 19.6. The highest BCUT2D eigenvalue weighted by molar-refractivity contribution is 5.84. The van der Waals surface area contributed by atoms with Gasteiger partial charge < -0.3 is 0 Å². The topological polar surface area (TPSA) is 84.0 Å². The van der Waals surface area contributed by atoms with Crippen LogP contribution in [0.4, 0.5) is 5.69 Å². The molecule has 1 aromatic carbocycles. The van der Waals surface area contributed by atoms with E-state index in [0.717, 1.165) is 0 Å². The van der Waals surface area contributed by atoms with Crippen LogP contribution >= 0.6 is 0 Å². The van der Waals surface area contributed by atoms with Crippen molar-refractivity contribution in [2.45, 2.75) is 26.7 Å². The van der Waals surface area contributed by atoms with E-state index in [4.69, 9.17) is 5.26 Å². The largest absolute Gasteiger partial charge is 0.299 e. The van der Waals surface area contributed by atoms with Crippen LogP contribution < -0.4 is 0 Å². The molecule has 0 heterocycles. The van der Waals surface area contributed by atoms with Gasteiger partial charge in [-0.3, -0.25) is 14.9 Å². The van der Waals surface area contributed by atoms with E-state index in [0.29, 0.717) is 5.56 Å². The van der Waals surface area contributed by atoms with Crippen molar-refractivity contribution in [1.29, 1.82) is 5.26 Å². The second kappa shape index (κ2) is 5.41.